The van der Waals surface area contributed by atoms with Crippen molar-refractivity contribution in [2.75, 3.05) is 9.62 Å². The number of nitrogens with one attached hydrogen (secondary N) is 1. The van der Waals surface area contributed by atoms with Crippen LogP contribution in [0.1, 0.15) is 32.1 Å². The van der Waals surface area contributed by atoms with E-state index in [1.807, 2.05) is 0 Å². The molecule has 0 unspecified atom stereocenters. The predicted octanol–water partition coefficient (Wildman–Crippen LogP) is 0.950. The second kappa shape index (κ2) is 8.45. The van der Waals surface area contributed by atoms with Gasteiger partial charge in [0.1, 0.15) is 11.4 Å². The van der Waals surface area contributed by atoms with E-state index in [1.54, 1.807) is 0 Å². The third kappa shape index (κ3) is 4.51. The molecule has 182 valence electrons. The highest BCUT2D eigenvalue weighted by Crippen LogP contribution is 2.43. The molecule has 1 aliphatic carbocycles. The third-order valence-electron chi connectivity index (χ3n) is 5.76. The van der Waals surface area contributed by atoms with Gasteiger partial charge in [-0.2, -0.15) is 4.99 Å². The van der Waals surface area contributed by atoms with Crippen molar-refractivity contribution in [1.29, 1.82) is 0 Å². The number of anilines is 2. The molecular weight excluding hydrogens is 482 g/mol. The van der Waals surface area contributed by atoms with E-state index in [0.29, 0.717) is 12.8 Å². The van der Waals surface area contributed by atoms with Gasteiger partial charge in [0.2, 0.25) is 21.9 Å². The van der Waals surface area contributed by atoms with Crippen LogP contribution in [-0.2, 0) is 20.0 Å². The van der Waals surface area contributed by atoms with Gasteiger partial charge in [-0.05, 0) is 62.1 Å². The fourth-order valence-corrected chi connectivity index (χ4v) is 5.90. The van der Waals surface area contributed by atoms with Crippen molar-refractivity contribution in [1.82, 2.24) is 0 Å². The Labute approximate surface area is 197 Å². The number of hydrogen-bond acceptors (Lipinski definition) is 10. The summed E-state index contributed by atoms with van der Waals surface area (Å²) >= 11 is 0. The summed E-state index contributed by atoms with van der Waals surface area (Å²) in [4.78, 5) is 9.64. The number of aromatic hydroxyl groups is 1. The quantitative estimate of drug-likeness (QED) is 0.393. The summed E-state index contributed by atoms with van der Waals surface area (Å²) in [5.41, 5.74) is 11.3. The molecule has 2 aromatic carbocycles. The van der Waals surface area contributed by atoms with Crippen LogP contribution in [0.2, 0.25) is 0 Å². The second-order valence-corrected chi connectivity index (χ2v) is 11.4. The molecule has 1 fully saturated rings. The summed E-state index contributed by atoms with van der Waals surface area (Å²) in [5.74, 6) is -0.197. The zero-order chi connectivity index (χ0) is 24.7. The lowest BCUT2D eigenvalue weighted by Gasteiger charge is -2.45. The highest BCUT2D eigenvalue weighted by molar-refractivity contribution is 7.92. The molecule has 4 rings (SSSR count). The van der Waals surface area contributed by atoms with Gasteiger partial charge in [-0.3, -0.25) is 9.62 Å². The van der Waals surface area contributed by atoms with E-state index in [1.165, 1.54) is 41.3 Å². The number of aliphatic imine (C=N–C) groups is 2. The molecule has 0 bridgehead atoms. The van der Waals surface area contributed by atoms with Gasteiger partial charge in [0.05, 0.1) is 21.2 Å². The van der Waals surface area contributed by atoms with E-state index in [-0.39, 0.29) is 38.8 Å². The minimum absolute atomic E-state index is 0.00123. The summed E-state index contributed by atoms with van der Waals surface area (Å²) in [6.45, 7) is 0. The number of guanidine groups is 2. The smallest absolute Gasteiger partial charge is 0.261 e. The molecule has 34 heavy (non-hydrogen) atoms. The zero-order valence-corrected chi connectivity index (χ0v) is 19.7. The lowest BCUT2D eigenvalue weighted by atomic mass is 9.87. The molecule has 0 saturated heterocycles. The molecule has 12 nitrogen and oxygen atoms in total. The standard InChI is InChI=1S/C20H25N7O5S2/c21-18-24-19(22)27(20(25-18)9-2-1-3-10-20)16-12-15(7-8-17(16)28)34(31,32)26-13-5-4-6-14(11-13)33(23,29)30/h4-8,11-12,26,28H,1-3,9-10H2,(H2,23,29,30)(H4,21,22,24,25). The zero-order valence-electron chi connectivity index (χ0n) is 18.0. The number of rotatable bonds is 5. The first-order chi connectivity index (χ1) is 15.9. The average Bonchev–Trinajstić information content (AvgIpc) is 2.74. The minimum atomic E-state index is -4.19. The van der Waals surface area contributed by atoms with Crippen molar-refractivity contribution < 1.29 is 21.9 Å². The molecular formula is C20H25N7O5S2. The van der Waals surface area contributed by atoms with E-state index in [4.69, 9.17) is 16.6 Å². The van der Waals surface area contributed by atoms with Crippen LogP contribution in [-0.4, -0.2) is 39.5 Å². The van der Waals surface area contributed by atoms with Gasteiger partial charge in [0.15, 0.2) is 0 Å². The van der Waals surface area contributed by atoms with Crippen molar-refractivity contribution in [2.45, 2.75) is 47.6 Å². The van der Waals surface area contributed by atoms with E-state index in [0.717, 1.165) is 25.3 Å². The van der Waals surface area contributed by atoms with Crippen LogP contribution in [0.3, 0.4) is 0 Å². The van der Waals surface area contributed by atoms with Crippen molar-refractivity contribution in [3.05, 3.63) is 42.5 Å². The molecule has 2 aromatic rings. The Kier molecular flexibility index (Phi) is 5.91. The lowest BCUT2D eigenvalue weighted by molar-refractivity contribution is 0.303. The van der Waals surface area contributed by atoms with E-state index in [2.05, 4.69) is 14.7 Å². The molecule has 0 atom stereocenters. The van der Waals surface area contributed by atoms with Crippen molar-refractivity contribution in [2.24, 2.45) is 26.6 Å². The molecule has 0 radical (unpaired) electrons. The van der Waals surface area contributed by atoms with Crippen molar-refractivity contribution >= 4 is 43.3 Å². The van der Waals surface area contributed by atoms with Gasteiger partial charge in [-0.25, -0.2) is 27.0 Å². The van der Waals surface area contributed by atoms with Crippen LogP contribution < -0.4 is 26.2 Å². The molecule has 1 saturated carbocycles. The highest BCUT2D eigenvalue weighted by atomic mass is 32.2. The van der Waals surface area contributed by atoms with E-state index >= 15 is 0 Å². The van der Waals surface area contributed by atoms with Crippen molar-refractivity contribution in [3.63, 3.8) is 0 Å². The Bertz CT molecular complexity index is 1400. The molecule has 1 aliphatic heterocycles. The Hall–Kier alpha value is -3.36. The van der Waals surface area contributed by atoms with Crippen molar-refractivity contribution in [3.8, 4) is 5.75 Å². The van der Waals surface area contributed by atoms with Gasteiger partial charge in [0.25, 0.3) is 10.0 Å². The number of nitrogens with two attached hydrogens (primary N) is 3. The number of hydrogen-bond donors (Lipinski definition) is 5. The molecule has 0 aromatic heterocycles. The molecule has 2 aliphatic rings. The minimum Gasteiger partial charge on any atom is -0.506 e. The first kappa shape index (κ1) is 23.8. The number of phenolic OH excluding ortho intramolecular Hbond substituents is 1. The average molecular weight is 508 g/mol. The second-order valence-electron chi connectivity index (χ2n) is 8.15. The number of phenols is 1. The van der Waals surface area contributed by atoms with E-state index in [9.17, 15) is 21.9 Å². The van der Waals surface area contributed by atoms with Gasteiger partial charge >= 0.3 is 0 Å². The molecule has 14 heteroatoms. The number of primary sulfonamides is 1. The molecule has 8 N–H and O–H groups in total. The largest absolute Gasteiger partial charge is 0.506 e. The highest BCUT2D eigenvalue weighted by Gasteiger charge is 2.43. The molecule has 1 spiro atoms. The normalized spacial score (nSPS) is 18.3. The topological polar surface area (TPSA) is 207 Å². The number of benzene rings is 2. The summed E-state index contributed by atoms with van der Waals surface area (Å²) < 4.78 is 51.8. The van der Waals surface area contributed by atoms with Gasteiger partial charge in [0, 0.05) is 0 Å². The maximum absolute atomic E-state index is 13.1. The lowest BCUT2D eigenvalue weighted by Crippen LogP contribution is -2.58. The first-order valence-corrected chi connectivity index (χ1v) is 13.4. The first-order valence-electron chi connectivity index (χ1n) is 10.4. The van der Waals surface area contributed by atoms with Crippen LogP contribution in [0.4, 0.5) is 11.4 Å². The molecule has 1 heterocycles. The summed E-state index contributed by atoms with van der Waals surface area (Å²) in [6.07, 6.45) is 3.89. The number of nitrogens with zero attached hydrogens (tertiary/aromatic N) is 3. The Morgan fingerprint density at radius 1 is 0.971 bits per heavy atom. The van der Waals surface area contributed by atoms with Crippen LogP contribution >= 0.6 is 0 Å². The maximum Gasteiger partial charge on any atom is 0.261 e. The van der Waals surface area contributed by atoms with Crippen LogP contribution in [0.25, 0.3) is 0 Å². The SMILES string of the molecule is NC1=NC2(CCCCC2)N(c2cc(S(=O)(=O)Nc3cccc(S(N)(=O)=O)c3)ccc2O)C(N)=N1. The Morgan fingerprint density at radius 3 is 2.35 bits per heavy atom. The molecule has 0 amide bonds. The van der Waals surface area contributed by atoms with Gasteiger partial charge in [-0.15, -0.1) is 0 Å². The van der Waals surface area contributed by atoms with Gasteiger partial charge < -0.3 is 16.6 Å². The summed E-state index contributed by atoms with van der Waals surface area (Å²) in [6, 6.07) is 8.82. The predicted molar refractivity (Wildman–Crippen MR) is 128 cm³/mol. The fraction of sp³-hybridized carbons (Fsp3) is 0.300. The van der Waals surface area contributed by atoms with E-state index < -0.39 is 25.7 Å². The Balaban J connectivity index is 1.74. The number of sulfonamides is 2. The van der Waals surface area contributed by atoms with Crippen LogP contribution in [0, 0.1) is 0 Å². The van der Waals surface area contributed by atoms with Crippen LogP contribution in [0.5, 0.6) is 5.75 Å². The monoisotopic (exact) mass is 507 g/mol. The summed E-state index contributed by atoms with van der Waals surface area (Å²) in [5, 5.41) is 15.8. The maximum atomic E-state index is 13.1. The Morgan fingerprint density at radius 2 is 1.68 bits per heavy atom. The fourth-order valence-electron chi connectivity index (χ4n) is 4.27. The summed E-state index contributed by atoms with van der Waals surface area (Å²) in [7, 11) is -8.21. The third-order valence-corrected chi connectivity index (χ3v) is 8.05. The van der Waals surface area contributed by atoms with Gasteiger partial charge in [-0.1, -0.05) is 12.5 Å². The van der Waals surface area contributed by atoms with Crippen LogP contribution in [0.15, 0.2) is 62.2 Å².